The van der Waals surface area contributed by atoms with Gasteiger partial charge in [-0.05, 0) is 61.1 Å². The van der Waals surface area contributed by atoms with Crippen molar-refractivity contribution in [3.05, 3.63) is 36.0 Å². The number of rotatable bonds is 4. The second-order valence-electron chi connectivity index (χ2n) is 7.24. The van der Waals surface area contributed by atoms with E-state index >= 15 is 0 Å². The van der Waals surface area contributed by atoms with E-state index in [9.17, 15) is 5.11 Å². The molecule has 4 nitrogen and oxygen atoms in total. The first-order valence-corrected chi connectivity index (χ1v) is 9.06. The third-order valence-corrected chi connectivity index (χ3v) is 6.13. The van der Waals surface area contributed by atoms with Gasteiger partial charge in [-0.1, -0.05) is 13.3 Å². The van der Waals surface area contributed by atoms with Crippen molar-refractivity contribution >= 4 is 10.9 Å². The maximum Gasteiger partial charge on any atom is 0.119 e. The van der Waals surface area contributed by atoms with Crippen LogP contribution >= 0.6 is 0 Å². The van der Waals surface area contributed by atoms with Gasteiger partial charge >= 0.3 is 0 Å². The summed E-state index contributed by atoms with van der Waals surface area (Å²) < 4.78 is 5.36. The highest BCUT2D eigenvalue weighted by molar-refractivity contribution is 5.83. The molecule has 4 unspecified atom stereocenters. The third kappa shape index (κ3) is 2.58. The second-order valence-corrected chi connectivity index (χ2v) is 7.24. The molecule has 2 bridgehead atoms. The zero-order valence-corrected chi connectivity index (χ0v) is 14.5. The highest BCUT2D eigenvalue weighted by Crippen LogP contribution is 2.42. The molecule has 5 rings (SSSR count). The summed E-state index contributed by atoms with van der Waals surface area (Å²) in [6.07, 6.45) is 4.97. The zero-order valence-electron chi connectivity index (χ0n) is 14.5. The van der Waals surface area contributed by atoms with Gasteiger partial charge < -0.3 is 9.84 Å². The first-order valence-electron chi connectivity index (χ1n) is 9.06. The summed E-state index contributed by atoms with van der Waals surface area (Å²) >= 11 is 0. The lowest BCUT2D eigenvalue weighted by Crippen LogP contribution is -2.55. The Kier molecular flexibility index (Phi) is 4.19. The maximum absolute atomic E-state index is 11.2. The van der Waals surface area contributed by atoms with Crippen LogP contribution < -0.4 is 4.74 Å². The van der Waals surface area contributed by atoms with Gasteiger partial charge in [-0.3, -0.25) is 9.88 Å². The standard InChI is InChI=1S/C20H26N2O2/c1-3-13-12-22-9-7-14(13)10-19(22)20(23)16-6-8-21-18-5-4-15(24-2)11-17(16)18/h4-6,8,11,13-14,19-20,23H,3,7,9-10,12H2,1-2H3/t13?,14-,19?,20?/m1/s1. The molecule has 1 N–H and O–H groups in total. The van der Waals surface area contributed by atoms with Gasteiger partial charge in [-0.25, -0.2) is 0 Å². The van der Waals surface area contributed by atoms with Gasteiger partial charge in [0.25, 0.3) is 0 Å². The molecule has 128 valence electrons. The number of piperidine rings is 3. The number of aliphatic hydroxyl groups excluding tert-OH is 1. The second kappa shape index (κ2) is 6.34. The van der Waals surface area contributed by atoms with Crippen molar-refractivity contribution in [2.75, 3.05) is 20.2 Å². The van der Waals surface area contributed by atoms with E-state index < -0.39 is 6.10 Å². The summed E-state index contributed by atoms with van der Waals surface area (Å²) in [5.41, 5.74) is 1.89. The Hall–Kier alpha value is -1.65. The van der Waals surface area contributed by atoms with Crippen molar-refractivity contribution < 1.29 is 9.84 Å². The van der Waals surface area contributed by atoms with Gasteiger partial charge in [-0.15, -0.1) is 0 Å². The molecule has 3 aliphatic heterocycles. The van der Waals surface area contributed by atoms with Gasteiger partial charge in [0.15, 0.2) is 0 Å². The van der Waals surface area contributed by atoms with Crippen molar-refractivity contribution in [3.8, 4) is 5.75 Å². The van der Waals surface area contributed by atoms with Crippen LogP contribution in [-0.4, -0.2) is 41.2 Å². The monoisotopic (exact) mass is 326 g/mol. The number of ether oxygens (including phenoxy) is 1. The van der Waals surface area contributed by atoms with Crippen LogP contribution in [0.2, 0.25) is 0 Å². The molecule has 2 aromatic rings. The molecule has 5 atom stereocenters. The van der Waals surface area contributed by atoms with Gasteiger partial charge in [0.2, 0.25) is 0 Å². The molecule has 3 saturated heterocycles. The van der Waals surface area contributed by atoms with Crippen LogP contribution in [0.25, 0.3) is 10.9 Å². The van der Waals surface area contributed by atoms with Crippen molar-refractivity contribution in [2.24, 2.45) is 11.8 Å². The van der Waals surface area contributed by atoms with Crippen LogP contribution in [0.15, 0.2) is 30.5 Å². The normalized spacial score (nSPS) is 30.5. The summed E-state index contributed by atoms with van der Waals surface area (Å²) in [6, 6.07) is 8.07. The fraction of sp³-hybridized carbons (Fsp3) is 0.550. The number of aromatic nitrogens is 1. The van der Waals surface area contributed by atoms with Crippen LogP contribution in [0.1, 0.15) is 37.9 Å². The molecule has 0 spiro atoms. The average Bonchev–Trinajstić information content (AvgIpc) is 2.66. The molecule has 4 heterocycles. The molecule has 4 heteroatoms. The molecule has 3 fully saturated rings. The predicted octanol–water partition coefficient (Wildman–Crippen LogP) is 3.40. The molecule has 0 radical (unpaired) electrons. The number of fused-ring (bicyclic) bond motifs is 4. The number of hydrogen-bond donors (Lipinski definition) is 1. The van der Waals surface area contributed by atoms with Gasteiger partial charge in [0.05, 0.1) is 18.7 Å². The van der Waals surface area contributed by atoms with Crippen LogP contribution in [0.3, 0.4) is 0 Å². The lowest BCUT2D eigenvalue weighted by atomic mass is 9.72. The minimum absolute atomic E-state index is 0.225. The van der Waals surface area contributed by atoms with Crippen LogP contribution in [0.5, 0.6) is 5.75 Å². The fourth-order valence-electron chi connectivity index (χ4n) is 4.71. The van der Waals surface area contributed by atoms with Gasteiger partial charge in [0, 0.05) is 24.2 Å². The molecule has 0 aliphatic carbocycles. The maximum atomic E-state index is 11.2. The summed E-state index contributed by atoms with van der Waals surface area (Å²) in [6.45, 7) is 4.55. The van der Waals surface area contributed by atoms with Crippen LogP contribution in [0.4, 0.5) is 0 Å². The first-order chi connectivity index (χ1) is 11.7. The molecule has 0 amide bonds. The number of nitrogens with zero attached hydrogens (tertiary/aromatic N) is 2. The summed E-state index contributed by atoms with van der Waals surface area (Å²) in [5, 5.41) is 12.2. The number of hydrogen-bond acceptors (Lipinski definition) is 4. The highest BCUT2D eigenvalue weighted by Gasteiger charge is 2.42. The molecule has 1 aromatic carbocycles. The molecular weight excluding hydrogens is 300 g/mol. The van der Waals surface area contributed by atoms with Crippen molar-refractivity contribution in [1.82, 2.24) is 9.88 Å². The highest BCUT2D eigenvalue weighted by atomic mass is 16.5. The smallest absolute Gasteiger partial charge is 0.119 e. The summed E-state index contributed by atoms with van der Waals surface area (Å²) in [5.74, 6) is 2.37. The topological polar surface area (TPSA) is 45.6 Å². The lowest BCUT2D eigenvalue weighted by molar-refractivity contribution is -0.0562. The Morgan fingerprint density at radius 2 is 2.25 bits per heavy atom. The van der Waals surface area contributed by atoms with Crippen molar-refractivity contribution in [1.29, 1.82) is 0 Å². The van der Waals surface area contributed by atoms with Crippen molar-refractivity contribution in [2.45, 2.75) is 38.3 Å². The number of methoxy groups -OCH3 is 1. The predicted molar refractivity (Wildman–Crippen MR) is 95.1 cm³/mol. The summed E-state index contributed by atoms with van der Waals surface area (Å²) in [4.78, 5) is 6.94. The molecule has 24 heavy (non-hydrogen) atoms. The number of aliphatic hydroxyl groups is 1. The number of pyridine rings is 1. The minimum atomic E-state index is -0.469. The van der Waals surface area contributed by atoms with E-state index in [0.717, 1.165) is 53.6 Å². The van der Waals surface area contributed by atoms with E-state index in [4.69, 9.17) is 4.74 Å². The minimum Gasteiger partial charge on any atom is -0.497 e. The average molecular weight is 326 g/mol. The Balaban J connectivity index is 1.68. The Bertz CT molecular complexity index is 733. The zero-order chi connectivity index (χ0) is 16.7. The Morgan fingerprint density at radius 3 is 2.96 bits per heavy atom. The van der Waals surface area contributed by atoms with Crippen molar-refractivity contribution in [3.63, 3.8) is 0 Å². The van der Waals surface area contributed by atoms with E-state index in [1.54, 1.807) is 13.3 Å². The van der Waals surface area contributed by atoms with E-state index in [1.165, 1.54) is 12.8 Å². The first kappa shape index (κ1) is 15.9. The SMILES string of the molecule is CCC1CN2CC[C@@H]1CC2C(O)c1ccnc2ccc(OC)cc12. The number of benzene rings is 1. The van der Waals surface area contributed by atoms with Crippen LogP contribution in [-0.2, 0) is 0 Å². The third-order valence-electron chi connectivity index (χ3n) is 6.13. The molecule has 1 aromatic heterocycles. The van der Waals surface area contributed by atoms with Crippen LogP contribution in [0, 0.1) is 11.8 Å². The fourth-order valence-corrected chi connectivity index (χ4v) is 4.71. The van der Waals surface area contributed by atoms with Gasteiger partial charge in [0.1, 0.15) is 5.75 Å². The molecule has 3 aliphatic rings. The molecular formula is C20H26N2O2. The Morgan fingerprint density at radius 1 is 1.38 bits per heavy atom. The Labute approximate surface area is 143 Å². The van der Waals surface area contributed by atoms with E-state index in [0.29, 0.717) is 0 Å². The van der Waals surface area contributed by atoms with Gasteiger partial charge in [-0.2, -0.15) is 0 Å². The lowest BCUT2D eigenvalue weighted by Gasteiger charge is -2.51. The summed E-state index contributed by atoms with van der Waals surface area (Å²) in [7, 11) is 1.67. The largest absolute Gasteiger partial charge is 0.497 e. The quantitative estimate of drug-likeness (QED) is 0.935. The van der Waals surface area contributed by atoms with E-state index in [2.05, 4.69) is 16.8 Å². The van der Waals surface area contributed by atoms with E-state index in [1.807, 2.05) is 24.3 Å². The van der Waals surface area contributed by atoms with E-state index in [-0.39, 0.29) is 6.04 Å². The molecule has 0 saturated carbocycles.